The third kappa shape index (κ3) is 27.7. The molecule has 3 unspecified atom stereocenters. The van der Waals surface area contributed by atoms with E-state index in [0.717, 1.165) is 41.3 Å². The number of nitrogens with zero attached hydrogens (tertiary/aromatic N) is 1. The molecule has 0 fully saturated rings. The lowest BCUT2D eigenvalue weighted by atomic mass is 10.0. The number of rotatable bonds is 39. The molecule has 0 heterocycles. The summed E-state index contributed by atoms with van der Waals surface area (Å²) in [4.78, 5) is 12.4. The van der Waals surface area contributed by atoms with Gasteiger partial charge >= 0.3 is 0 Å². The van der Waals surface area contributed by atoms with E-state index in [-0.39, 0.29) is 39.5 Å². The maximum absolute atomic E-state index is 12.4. The van der Waals surface area contributed by atoms with Crippen LogP contribution >= 0.6 is 7.82 Å². The van der Waals surface area contributed by atoms with Gasteiger partial charge in [0.1, 0.15) is 38.6 Å². The van der Waals surface area contributed by atoms with Crippen molar-refractivity contribution in [2.24, 2.45) is 0 Å². The van der Waals surface area contributed by atoms with E-state index >= 15 is 0 Å². The Labute approximate surface area is 345 Å². The monoisotopic (exact) mass is 827 g/mol. The number of quaternary nitrogens is 1. The van der Waals surface area contributed by atoms with Gasteiger partial charge in [0, 0.05) is 6.61 Å². The highest BCUT2D eigenvalue weighted by molar-refractivity contribution is 7.45. The number of hydrogen-bond acceptors (Lipinski definition) is 11. The Hall–Kier alpha value is -1.67. The molecule has 330 valence electrons. The fourth-order valence-electron chi connectivity index (χ4n) is 6.13. The van der Waals surface area contributed by atoms with E-state index in [1.165, 1.54) is 83.5 Å². The molecule has 57 heavy (non-hydrogen) atoms. The van der Waals surface area contributed by atoms with Gasteiger partial charge in [0.2, 0.25) is 0 Å². The van der Waals surface area contributed by atoms with Crippen molar-refractivity contribution in [2.45, 2.75) is 129 Å². The number of likely N-dealkylation sites (N-methyl/N-ethyl adjacent to an activating group) is 1. The third-order valence-corrected chi connectivity index (χ3v) is 10.8. The highest BCUT2D eigenvalue weighted by atomic mass is 31.2. The second-order valence-electron chi connectivity index (χ2n) is 16.0. The molecule has 0 aliphatic heterocycles. The molecule has 1 N–H and O–H groups in total. The molecule has 2 aromatic rings. The second kappa shape index (κ2) is 32.1. The maximum atomic E-state index is 12.4. The zero-order valence-electron chi connectivity index (χ0n) is 36.5. The topological polar surface area (TPSA) is 126 Å². The average molecular weight is 827 g/mol. The minimum absolute atomic E-state index is 0.0278. The minimum Gasteiger partial charge on any atom is -0.756 e. The molecule has 0 spiro atoms. The van der Waals surface area contributed by atoms with Gasteiger partial charge in [0.25, 0.3) is 7.82 Å². The number of unbranched alkanes of at least 4 members (excludes halogenated alkanes) is 14. The van der Waals surface area contributed by atoms with Crippen molar-refractivity contribution in [1.29, 1.82) is 0 Å². The third-order valence-electron chi connectivity index (χ3n) is 9.80. The first-order chi connectivity index (χ1) is 27.5. The summed E-state index contributed by atoms with van der Waals surface area (Å²) < 4.78 is 57.2. The molecule has 0 radical (unpaired) electrons. The van der Waals surface area contributed by atoms with Gasteiger partial charge in [-0.3, -0.25) is 9.88 Å². The normalized spacial score (nSPS) is 14.2. The lowest BCUT2D eigenvalue weighted by Crippen LogP contribution is -2.37. The Morgan fingerprint density at radius 2 is 1.28 bits per heavy atom. The lowest BCUT2D eigenvalue weighted by Gasteiger charge is -2.28. The van der Waals surface area contributed by atoms with Crippen LogP contribution in [-0.4, -0.2) is 105 Å². The Morgan fingerprint density at radius 3 is 1.93 bits per heavy atom. The van der Waals surface area contributed by atoms with E-state index < -0.39 is 13.9 Å². The van der Waals surface area contributed by atoms with Crippen molar-refractivity contribution in [3.8, 4) is 5.75 Å². The van der Waals surface area contributed by atoms with Crippen LogP contribution < -0.4 is 14.9 Å². The summed E-state index contributed by atoms with van der Waals surface area (Å²) in [5.74, 6) is 0.839. The number of hydrogen-bond donors (Lipinski definition) is 1. The van der Waals surface area contributed by atoms with Crippen molar-refractivity contribution in [3.63, 3.8) is 0 Å². The van der Waals surface area contributed by atoms with Crippen molar-refractivity contribution in [1.82, 2.24) is 5.32 Å². The van der Waals surface area contributed by atoms with Gasteiger partial charge in [0.05, 0.1) is 60.9 Å². The van der Waals surface area contributed by atoms with Gasteiger partial charge in [-0.05, 0) is 60.8 Å². The Morgan fingerprint density at radius 1 is 0.684 bits per heavy atom. The minimum atomic E-state index is -4.51. The molecule has 0 aliphatic rings. The molecular formula is C44H79N2O10P. The summed E-state index contributed by atoms with van der Waals surface area (Å²) in [5.41, 5.74) is 1.10. The number of benzene rings is 2. The van der Waals surface area contributed by atoms with E-state index in [9.17, 15) is 9.46 Å². The molecule has 0 bridgehead atoms. The highest BCUT2D eigenvalue weighted by Gasteiger charge is 2.18. The zero-order valence-corrected chi connectivity index (χ0v) is 37.4. The first-order valence-electron chi connectivity index (χ1n) is 21.7. The molecular weight excluding hydrogens is 747 g/mol. The predicted molar refractivity (Wildman–Crippen MR) is 227 cm³/mol. The first-order valence-corrected chi connectivity index (χ1v) is 23.1. The van der Waals surface area contributed by atoms with E-state index in [1.54, 1.807) is 7.11 Å². The van der Waals surface area contributed by atoms with Crippen molar-refractivity contribution >= 4 is 18.6 Å². The molecule has 12 nitrogen and oxygen atoms in total. The van der Waals surface area contributed by atoms with E-state index in [1.807, 2.05) is 40.2 Å². The molecule has 0 aromatic heterocycles. The fourth-order valence-corrected chi connectivity index (χ4v) is 6.86. The largest absolute Gasteiger partial charge is 0.756 e. The van der Waals surface area contributed by atoms with Crippen LogP contribution in [0.5, 0.6) is 5.75 Å². The molecule has 2 rings (SSSR count). The summed E-state index contributed by atoms with van der Waals surface area (Å²) in [5, 5.41) is 5.55. The van der Waals surface area contributed by atoms with Crippen molar-refractivity contribution < 1.29 is 51.4 Å². The van der Waals surface area contributed by atoms with Crippen molar-refractivity contribution in [3.05, 3.63) is 42.0 Å². The van der Waals surface area contributed by atoms with Crippen LogP contribution in [0.4, 0.5) is 0 Å². The smallest absolute Gasteiger partial charge is 0.268 e. The molecule has 2 aromatic carbocycles. The number of phosphoric ester groups is 1. The van der Waals surface area contributed by atoms with Gasteiger partial charge in [-0.2, -0.15) is 0 Å². The summed E-state index contributed by atoms with van der Waals surface area (Å²) in [6.07, 6.45) is 19.8. The highest BCUT2D eigenvalue weighted by Crippen LogP contribution is 2.38. The molecule has 13 heteroatoms. The molecule has 0 amide bonds. The second-order valence-corrected chi connectivity index (χ2v) is 17.4. The standard InChI is InChI=1S/C44H79N2O10P/c1-7-8-9-10-11-12-13-14-15-16-17-18-19-20-21-29-50-37-52-34-44(35-56-57(47,48)55-31-28-46(3,4)5)54-38-51-30-22-27-45-36-53-39(2)40-23-24-42-33-43(49-6)26-25-41(42)32-40/h23-26,32-33,39,44-45H,7-22,27-31,34-38H2,1-6H3. The van der Waals surface area contributed by atoms with Crippen molar-refractivity contribution in [2.75, 3.05) is 94.7 Å². The summed E-state index contributed by atoms with van der Waals surface area (Å²) >= 11 is 0. The van der Waals surface area contributed by atoms with Crippen LogP contribution in [0.2, 0.25) is 0 Å². The van der Waals surface area contributed by atoms with E-state index in [0.29, 0.717) is 37.5 Å². The quantitative estimate of drug-likeness (QED) is 0.0300. The Bertz CT molecular complexity index is 1310. The summed E-state index contributed by atoms with van der Waals surface area (Å²) in [6.45, 7) is 6.91. The van der Waals surface area contributed by atoms with Gasteiger partial charge in [-0.15, -0.1) is 0 Å². The van der Waals surface area contributed by atoms with Gasteiger partial charge in [-0.1, -0.05) is 115 Å². The number of fused-ring (bicyclic) bond motifs is 1. The van der Waals surface area contributed by atoms with E-state index in [2.05, 4.69) is 36.5 Å². The van der Waals surface area contributed by atoms with Gasteiger partial charge < -0.3 is 46.8 Å². The number of phosphoric acid groups is 1. The van der Waals surface area contributed by atoms with E-state index in [4.69, 9.17) is 37.5 Å². The summed E-state index contributed by atoms with van der Waals surface area (Å²) in [6, 6.07) is 12.3. The summed E-state index contributed by atoms with van der Waals surface area (Å²) in [7, 11) is 3.04. The zero-order chi connectivity index (χ0) is 41.5. The average Bonchev–Trinajstić information content (AvgIpc) is 3.18. The molecule has 0 saturated heterocycles. The van der Waals surface area contributed by atoms with Crippen LogP contribution in [0.3, 0.4) is 0 Å². The molecule has 0 saturated carbocycles. The van der Waals surface area contributed by atoms with Crippen LogP contribution in [-0.2, 0) is 37.3 Å². The Balaban J connectivity index is 1.56. The maximum Gasteiger partial charge on any atom is 0.268 e. The van der Waals surface area contributed by atoms with Crippen LogP contribution in [0.1, 0.15) is 128 Å². The fraction of sp³-hybridized carbons (Fsp3) is 0.773. The van der Waals surface area contributed by atoms with Gasteiger partial charge in [-0.25, -0.2) is 0 Å². The van der Waals surface area contributed by atoms with Crippen LogP contribution in [0, 0.1) is 0 Å². The SMILES string of the molecule is CCCCCCCCCCCCCCCCCOCOCC(COP(=O)([O-])OCC[N+](C)(C)C)OCOCCCNCOC(C)c1ccc2cc(OC)ccc2c1. The first kappa shape index (κ1) is 51.5. The predicted octanol–water partition coefficient (Wildman–Crippen LogP) is 9.29. The van der Waals surface area contributed by atoms with Crippen LogP contribution in [0.25, 0.3) is 10.8 Å². The van der Waals surface area contributed by atoms with Gasteiger partial charge in [0.15, 0.2) is 0 Å². The van der Waals surface area contributed by atoms with Crippen LogP contribution in [0.15, 0.2) is 36.4 Å². The number of methoxy groups -OCH3 is 1. The lowest BCUT2D eigenvalue weighted by molar-refractivity contribution is -0.870. The Kier molecular flexibility index (Phi) is 29.0. The number of ether oxygens (including phenoxy) is 6. The molecule has 0 aliphatic carbocycles. The molecule has 3 atom stereocenters. The number of nitrogens with one attached hydrogen (secondary N) is 1.